The Balaban J connectivity index is 2.52. The van der Waals surface area contributed by atoms with Crippen LogP contribution in [0.3, 0.4) is 0 Å². The zero-order valence-corrected chi connectivity index (χ0v) is 9.44. The summed E-state index contributed by atoms with van der Waals surface area (Å²) in [5.41, 5.74) is 0. The number of methoxy groups -OCH3 is 1. The van der Waals surface area contributed by atoms with Crippen molar-refractivity contribution < 1.29 is 14.3 Å². The molecule has 0 saturated carbocycles. The molecule has 2 atom stereocenters. The summed E-state index contributed by atoms with van der Waals surface area (Å²) in [4.78, 5) is 13.2. The maximum Gasteiger partial charge on any atom is 0.409 e. The first kappa shape index (κ1) is 12.0. The van der Waals surface area contributed by atoms with Crippen LogP contribution < -0.4 is 0 Å². The highest BCUT2D eigenvalue weighted by Gasteiger charge is 2.30. The van der Waals surface area contributed by atoms with Gasteiger partial charge in [0.05, 0.1) is 19.3 Å². The summed E-state index contributed by atoms with van der Waals surface area (Å²) in [6.07, 6.45) is 2.58. The number of rotatable bonds is 3. The second-order valence-electron chi connectivity index (χ2n) is 3.61. The van der Waals surface area contributed by atoms with E-state index in [1.54, 1.807) is 12.0 Å². The van der Waals surface area contributed by atoms with Gasteiger partial charge in [-0.2, -0.15) is 0 Å². The van der Waals surface area contributed by atoms with E-state index in [-0.39, 0.29) is 12.2 Å². The molecule has 0 radical (unpaired) electrons. The van der Waals surface area contributed by atoms with Gasteiger partial charge in [-0.1, -0.05) is 6.08 Å². The third-order valence-electron chi connectivity index (χ3n) is 2.74. The van der Waals surface area contributed by atoms with Gasteiger partial charge in [0, 0.05) is 19.6 Å². The van der Waals surface area contributed by atoms with Gasteiger partial charge in [-0.3, -0.25) is 0 Å². The molecular formula is C11H19NO3. The van der Waals surface area contributed by atoms with E-state index >= 15 is 0 Å². The normalized spacial score (nSPS) is 26.1. The lowest BCUT2D eigenvalue weighted by Crippen LogP contribution is -2.47. The molecule has 0 unspecified atom stereocenters. The molecule has 1 amide bonds. The molecule has 1 saturated heterocycles. The van der Waals surface area contributed by atoms with Gasteiger partial charge in [0.1, 0.15) is 0 Å². The first-order valence-electron chi connectivity index (χ1n) is 5.30. The second-order valence-corrected chi connectivity index (χ2v) is 3.61. The van der Waals surface area contributed by atoms with Gasteiger partial charge < -0.3 is 14.4 Å². The van der Waals surface area contributed by atoms with Crippen LogP contribution in [0, 0.1) is 5.92 Å². The highest BCUT2D eigenvalue weighted by molar-refractivity contribution is 5.67. The number of ether oxygens (including phenoxy) is 2. The van der Waals surface area contributed by atoms with Gasteiger partial charge in [0.2, 0.25) is 0 Å². The third kappa shape index (κ3) is 2.96. The van der Waals surface area contributed by atoms with Crippen LogP contribution in [0.25, 0.3) is 0 Å². The van der Waals surface area contributed by atoms with E-state index in [1.807, 2.05) is 13.0 Å². The fourth-order valence-corrected chi connectivity index (χ4v) is 1.83. The van der Waals surface area contributed by atoms with Crippen molar-refractivity contribution >= 4 is 6.09 Å². The molecule has 1 aliphatic rings. The fourth-order valence-electron chi connectivity index (χ4n) is 1.83. The Morgan fingerprint density at radius 1 is 1.67 bits per heavy atom. The summed E-state index contributed by atoms with van der Waals surface area (Å²) < 4.78 is 10.3. The molecule has 0 bridgehead atoms. The molecule has 15 heavy (non-hydrogen) atoms. The van der Waals surface area contributed by atoms with Crippen molar-refractivity contribution in [3.63, 3.8) is 0 Å². The topological polar surface area (TPSA) is 38.8 Å². The van der Waals surface area contributed by atoms with Crippen LogP contribution in [0.15, 0.2) is 12.7 Å². The van der Waals surface area contributed by atoms with Crippen LogP contribution in [0.5, 0.6) is 0 Å². The predicted molar refractivity (Wildman–Crippen MR) is 57.7 cm³/mol. The summed E-state index contributed by atoms with van der Waals surface area (Å²) in [7, 11) is 1.66. The van der Waals surface area contributed by atoms with Crippen molar-refractivity contribution in [3.05, 3.63) is 12.7 Å². The lowest BCUT2D eigenvalue weighted by Gasteiger charge is -2.35. The standard InChI is InChI=1S/C11H19NO3/c1-4-9-6-7-12(8-10(9)14-3)11(13)15-5-2/h4,9-10H,1,5-8H2,2-3H3/t9-,10-/m1/s1. The number of hydrogen-bond acceptors (Lipinski definition) is 3. The maximum absolute atomic E-state index is 11.5. The minimum atomic E-state index is -0.248. The van der Waals surface area contributed by atoms with E-state index in [0.29, 0.717) is 19.1 Å². The smallest absolute Gasteiger partial charge is 0.409 e. The minimum absolute atomic E-state index is 0.0423. The molecule has 1 aliphatic heterocycles. The molecule has 1 heterocycles. The highest BCUT2D eigenvalue weighted by Crippen LogP contribution is 2.21. The van der Waals surface area contributed by atoms with Gasteiger partial charge in [0.15, 0.2) is 0 Å². The number of carbonyl (C=O) groups is 1. The van der Waals surface area contributed by atoms with Crippen molar-refractivity contribution in [2.45, 2.75) is 19.4 Å². The first-order chi connectivity index (χ1) is 7.22. The molecule has 4 heteroatoms. The molecule has 4 nitrogen and oxygen atoms in total. The summed E-state index contributed by atoms with van der Waals surface area (Å²) in [5, 5.41) is 0. The Labute approximate surface area is 90.8 Å². The Morgan fingerprint density at radius 2 is 2.40 bits per heavy atom. The Hall–Kier alpha value is -1.03. The van der Waals surface area contributed by atoms with Crippen molar-refractivity contribution in [2.75, 3.05) is 26.8 Å². The third-order valence-corrected chi connectivity index (χ3v) is 2.74. The minimum Gasteiger partial charge on any atom is -0.450 e. The van der Waals surface area contributed by atoms with Crippen molar-refractivity contribution in [1.82, 2.24) is 4.90 Å². The molecule has 1 rings (SSSR count). The van der Waals surface area contributed by atoms with Crippen LogP contribution >= 0.6 is 0 Å². The number of carbonyl (C=O) groups excluding carboxylic acids is 1. The second kappa shape index (κ2) is 5.75. The zero-order chi connectivity index (χ0) is 11.3. The average molecular weight is 213 g/mol. The van der Waals surface area contributed by atoms with E-state index < -0.39 is 0 Å². The van der Waals surface area contributed by atoms with E-state index in [9.17, 15) is 4.79 Å². The molecule has 0 aromatic heterocycles. The van der Waals surface area contributed by atoms with Gasteiger partial charge in [-0.05, 0) is 13.3 Å². The Morgan fingerprint density at radius 3 is 2.93 bits per heavy atom. The van der Waals surface area contributed by atoms with Crippen LogP contribution in [0.1, 0.15) is 13.3 Å². The lowest BCUT2D eigenvalue weighted by atomic mass is 9.94. The number of nitrogens with zero attached hydrogens (tertiary/aromatic N) is 1. The summed E-state index contributed by atoms with van der Waals surface area (Å²) in [6.45, 7) is 7.30. The summed E-state index contributed by atoms with van der Waals surface area (Å²) in [5.74, 6) is 0.334. The molecule has 1 fully saturated rings. The monoisotopic (exact) mass is 213 g/mol. The Bertz CT molecular complexity index is 230. The SMILES string of the molecule is C=C[C@@H]1CCN(C(=O)OCC)C[C@H]1OC. The maximum atomic E-state index is 11.5. The predicted octanol–water partition coefficient (Wildman–Crippen LogP) is 1.67. The van der Waals surface area contributed by atoms with E-state index in [4.69, 9.17) is 9.47 Å². The molecule has 86 valence electrons. The van der Waals surface area contributed by atoms with Crippen molar-refractivity contribution in [2.24, 2.45) is 5.92 Å². The molecule has 0 spiro atoms. The van der Waals surface area contributed by atoms with Gasteiger partial charge in [0.25, 0.3) is 0 Å². The molecule has 0 N–H and O–H groups in total. The summed E-state index contributed by atoms with van der Waals surface area (Å²) in [6, 6.07) is 0. The Kier molecular flexibility index (Phi) is 4.62. The molecule has 0 aliphatic carbocycles. The number of amides is 1. The van der Waals surface area contributed by atoms with Gasteiger partial charge >= 0.3 is 6.09 Å². The summed E-state index contributed by atoms with van der Waals surface area (Å²) >= 11 is 0. The van der Waals surface area contributed by atoms with E-state index in [2.05, 4.69) is 6.58 Å². The molecule has 0 aromatic rings. The zero-order valence-electron chi connectivity index (χ0n) is 9.44. The quantitative estimate of drug-likeness (QED) is 0.669. The average Bonchev–Trinajstić information content (AvgIpc) is 2.28. The fraction of sp³-hybridized carbons (Fsp3) is 0.727. The van der Waals surface area contributed by atoms with Crippen molar-refractivity contribution in [3.8, 4) is 0 Å². The van der Waals surface area contributed by atoms with Crippen molar-refractivity contribution in [1.29, 1.82) is 0 Å². The number of hydrogen-bond donors (Lipinski definition) is 0. The molecule has 0 aromatic carbocycles. The van der Waals surface area contributed by atoms with E-state index in [1.165, 1.54) is 0 Å². The number of likely N-dealkylation sites (tertiary alicyclic amines) is 1. The van der Waals surface area contributed by atoms with Crippen LogP contribution in [0.4, 0.5) is 4.79 Å². The van der Waals surface area contributed by atoms with Crippen LogP contribution in [-0.4, -0.2) is 43.9 Å². The largest absolute Gasteiger partial charge is 0.450 e. The number of piperidine rings is 1. The first-order valence-corrected chi connectivity index (χ1v) is 5.30. The van der Waals surface area contributed by atoms with E-state index in [0.717, 1.165) is 13.0 Å². The molecular weight excluding hydrogens is 194 g/mol. The van der Waals surface area contributed by atoms with Crippen LogP contribution in [-0.2, 0) is 9.47 Å². The van der Waals surface area contributed by atoms with Gasteiger partial charge in [-0.25, -0.2) is 4.79 Å². The van der Waals surface area contributed by atoms with Gasteiger partial charge in [-0.15, -0.1) is 6.58 Å². The highest BCUT2D eigenvalue weighted by atomic mass is 16.6. The lowest BCUT2D eigenvalue weighted by molar-refractivity contribution is 0.00269. The van der Waals surface area contributed by atoms with Crippen LogP contribution in [0.2, 0.25) is 0 Å².